The van der Waals surface area contributed by atoms with Gasteiger partial charge in [-0.05, 0) is 34.1 Å². The number of carbonyl (C=O) groups is 3. The Morgan fingerprint density at radius 3 is 2.06 bits per heavy atom. The molecule has 3 rings (SSSR count). The van der Waals surface area contributed by atoms with Crippen LogP contribution >= 0.6 is 0 Å². The highest BCUT2D eigenvalue weighted by Crippen LogP contribution is 2.44. The highest BCUT2D eigenvalue weighted by molar-refractivity contribution is 5.88. The van der Waals surface area contributed by atoms with E-state index in [0.717, 1.165) is 22.3 Å². The standard InChI is InChI=1S/C24H28N2O5/c1-24(2,3)12-20(22(29)25-13-21(27)28)26-23(30)31-14-19-17-10-6-4-8-15(17)16-9-5-7-11-18(16)19/h4-11,19-20H,12-14H2,1-3H3,(H,25,29)(H,26,30)(H,27,28). The molecule has 2 amide bonds. The van der Waals surface area contributed by atoms with Crippen molar-refractivity contribution in [1.82, 2.24) is 10.6 Å². The van der Waals surface area contributed by atoms with Crippen molar-refractivity contribution in [3.8, 4) is 11.1 Å². The third kappa shape index (κ3) is 5.63. The lowest BCUT2D eigenvalue weighted by atomic mass is 9.88. The molecule has 31 heavy (non-hydrogen) atoms. The van der Waals surface area contributed by atoms with Gasteiger partial charge in [0.05, 0.1) is 0 Å². The number of amides is 2. The van der Waals surface area contributed by atoms with E-state index in [2.05, 4.69) is 22.8 Å². The van der Waals surface area contributed by atoms with Gasteiger partial charge in [0.2, 0.25) is 5.91 Å². The smallest absolute Gasteiger partial charge is 0.407 e. The molecule has 7 nitrogen and oxygen atoms in total. The first-order valence-electron chi connectivity index (χ1n) is 10.3. The average Bonchev–Trinajstić information content (AvgIpc) is 3.03. The summed E-state index contributed by atoms with van der Waals surface area (Å²) in [6.45, 7) is 5.43. The SMILES string of the molecule is CC(C)(C)CC(NC(=O)OCC1c2ccccc2-c2ccccc21)C(=O)NCC(=O)O. The van der Waals surface area contributed by atoms with Crippen LogP contribution in [0.5, 0.6) is 0 Å². The number of benzene rings is 2. The first-order chi connectivity index (χ1) is 14.7. The van der Waals surface area contributed by atoms with Gasteiger partial charge in [-0.15, -0.1) is 0 Å². The molecule has 1 aliphatic carbocycles. The second-order valence-electron chi connectivity index (χ2n) is 8.90. The summed E-state index contributed by atoms with van der Waals surface area (Å²) in [5, 5.41) is 13.7. The number of alkyl carbamates (subject to hydrolysis) is 1. The molecule has 1 atom stereocenters. The lowest BCUT2D eigenvalue weighted by Crippen LogP contribution is -2.49. The summed E-state index contributed by atoms with van der Waals surface area (Å²) in [5.41, 5.74) is 4.20. The van der Waals surface area contributed by atoms with Crippen LogP contribution in [-0.2, 0) is 14.3 Å². The average molecular weight is 424 g/mol. The van der Waals surface area contributed by atoms with Gasteiger partial charge < -0.3 is 20.5 Å². The maximum Gasteiger partial charge on any atom is 0.407 e. The lowest BCUT2D eigenvalue weighted by Gasteiger charge is -2.26. The predicted octanol–water partition coefficient (Wildman–Crippen LogP) is 3.53. The van der Waals surface area contributed by atoms with Gasteiger partial charge >= 0.3 is 12.1 Å². The third-order valence-corrected chi connectivity index (χ3v) is 5.18. The number of ether oxygens (including phenoxy) is 1. The zero-order chi connectivity index (χ0) is 22.6. The van der Waals surface area contributed by atoms with Gasteiger partial charge in [0.15, 0.2) is 0 Å². The maximum atomic E-state index is 12.5. The summed E-state index contributed by atoms with van der Waals surface area (Å²) in [4.78, 5) is 35.7. The van der Waals surface area contributed by atoms with Crippen LogP contribution in [0.1, 0.15) is 44.2 Å². The Labute approximate surface area is 181 Å². The second-order valence-corrected chi connectivity index (χ2v) is 8.90. The van der Waals surface area contributed by atoms with E-state index in [4.69, 9.17) is 9.84 Å². The highest BCUT2D eigenvalue weighted by Gasteiger charge is 2.31. The number of carboxylic acid groups (broad SMARTS) is 1. The first kappa shape index (κ1) is 22.3. The number of rotatable bonds is 7. The van der Waals surface area contributed by atoms with Crippen LogP contribution < -0.4 is 10.6 Å². The van der Waals surface area contributed by atoms with Crippen molar-refractivity contribution in [1.29, 1.82) is 0 Å². The monoisotopic (exact) mass is 424 g/mol. The summed E-state index contributed by atoms with van der Waals surface area (Å²) in [6.07, 6.45) is -0.371. The van der Waals surface area contributed by atoms with Crippen LogP contribution in [0.15, 0.2) is 48.5 Å². The Balaban J connectivity index is 1.67. The van der Waals surface area contributed by atoms with E-state index in [1.54, 1.807) is 0 Å². The van der Waals surface area contributed by atoms with Gasteiger partial charge in [0.25, 0.3) is 0 Å². The Hall–Kier alpha value is -3.35. The molecule has 0 saturated heterocycles. The molecule has 164 valence electrons. The van der Waals surface area contributed by atoms with Gasteiger partial charge in [-0.2, -0.15) is 0 Å². The fourth-order valence-electron chi connectivity index (χ4n) is 3.89. The second kappa shape index (κ2) is 9.20. The minimum absolute atomic E-state index is 0.0833. The van der Waals surface area contributed by atoms with Crippen LogP contribution in [0.3, 0.4) is 0 Å². The number of hydrogen-bond acceptors (Lipinski definition) is 4. The molecule has 0 aliphatic heterocycles. The van der Waals surface area contributed by atoms with Crippen LogP contribution in [0.2, 0.25) is 0 Å². The van der Waals surface area contributed by atoms with Gasteiger partial charge in [0.1, 0.15) is 19.2 Å². The van der Waals surface area contributed by atoms with Crippen molar-refractivity contribution in [2.45, 2.75) is 39.2 Å². The van der Waals surface area contributed by atoms with E-state index in [0.29, 0.717) is 6.42 Å². The molecule has 0 heterocycles. The summed E-state index contributed by atoms with van der Waals surface area (Å²) >= 11 is 0. The summed E-state index contributed by atoms with van der Waals surface area (Å²) < 4.78 is 5.51. The summed E-state index contributed by atoms with van der Waals surface area (Å²) in [5.74, 6) is -1.78. The molecule has 2 aromatic rings. The molecule has 3 N–H and O–H groups in total. The minimum Gasteiger partial charge on any atom is -0.480 e. The van der Waals surface area contributed by atoms with Crippen LogP contribution in [-0.4, -0.2) is 42.3 Å². The molecule has 0 aromatic heterocycles. The van der Waals surface area contributed by atoms with Gasteiger partial charge in [-0.1, -0.05) is 69.3 Å². The molecular weight excluding hydrogens is 396 g/mol. The zero-order valence-corrected chi connectivity index (χ0v) is 18.0. The van der Waals surface area contributed by atoms with E-state index in [1.165, 1.54) is 0 Å². The van der Waals surface area contributed by atoms with Crippen molar-refractivity contribution in [3.63, 3.8) is 0 Å². The molecule has 1 aliphatic rings. The number of fused-ring (bicyclic) bond motifs is 3. The van der Waals surface area contributed by atoms with Crippen LogP contribution in [0.4, 0.5) is 4.79 Å². The van der Waals surface area contributed by atoms with Crippen LogP contribution in [0.25, 0.3) is 11.1 Å². The van der Waals surface area contributed by atoms with E-state index >= 15 is 0 Å². The Morgan fingerprint density at radius 1 is 1.00 bits per heavy atom. The van der Waals surface area contributed by atoms with E-state index < -0.39 is 30.6 Å². The van der Waals surface area contributed by atoms with E-state index in [9.17, 15) is 14.4 Å². The number of carbonyl (C=O) groups excluding carboxylic acids is 2. The third-order valence-electron chi connectivity index (χ3n) is 5.18. The Kier molecular flexibility index (Phi) is 6.63. The Morgan fingerprint density at radius 2 is 1.55 bits per heavy atom. The quantitative estimate of drug-likeness (QED) is 0.631. The van der Waals surface area contributed by atoms with Crippen LogP contribution in [0, 0.1) is 5.41 Å². The first-order valence-corrected chi connectivity index (χ1v) is 10.3. The summed E-state index contributed by atoms with van der Waals surface area (Å²) in [6, 6.07) is 15.2. The Bertz CT molecular complexity index is 934. The van der Waals surface area contributed by atoms with Crippen molar-refractivity contribution in [2.75, 3.05) is 13.2 Å². The molecule has 0 bridgehead atoms. The fourth-order valence-corrected chi connectivity index (χ4v) is 3.89. The van der Waals surface area contributed by atoms with Gasteiger partial charge in [-0.25, -0.2) is 4.79 Å². The molecular formula is C24H28N2O5. The predicted molar refractivity (Wildman–Crippen MR) is 117 cm³/mol. The number of nitrogens with one attached hydrogen (secondary N) is 2. The number of carboxylic acids is 1. The largest absolute Gasteiger partial charge is 0.480 e. The van der Waals surface area contributed by atoms with Gasteiger partial charge in [0, 0.05) is 5.92 Å². The molecule has 0 spiro atoms. The molecule has 7 heteroatoms. The topological polar surface area (TPSA) is 105 Å². The molecule has 1 unspecified atom stereocenters. The highest BCUT2D eigenvalue weighted by atomic mass is 16.5. The number of hydrogen-bond donors (Lipinski definition) is 3. The summed E-state index contributed by atoms with van der Waals surface area (Å²) in [7, 11) is 0. The molecule has 0 radical (unpaired) electrons. The maximum absolute atomic E-state index is 12.5. The number of aliphatic carboxylic acids is 1. The normalized spacial score (nSPS) is 13.6. The van der Waals surface area contributed by atoms with Crippen molar-refractivity contribution in [2.24, 2.45) is 5.41 Å². The van der Waals surface area contributed by atoms with E-state index in [-0.39, 0.29) is 17.9 Å². The molecule has 0 fully saturated rings. The van der Waals surface area contributed by atoms with Crippen molar-refractivity contribution in [3.05, 3.63) is 59.7 Å². The zero-order valence-electron chi connectivity index (χ0n) is 18.0. The molecule has 2 aromatic carbocycles. The lowest BCUT2D eigenvalue weighted by molar-refractivity contribution is -0.138. The van der Waals surface area contributed by atoms with Crippen molar-refractivity contribution >= 4 is 18.0 Å². The van der Waals surface area contributed by atoms with E-state index in [1.807, 2.05) is 57.2 Å². The fraction of sp³-hybridized carbons (Fsp3) is 0.375. The van der Waals surface area contributed by atoms with Crippen molar-refractivity contribution < 1.29 is 24.2 Å². The van der Waals surface area contributed by atoms with Gasteiger partial charge in [-0.3, -0.25) is 9.59 Å². The molecule has 0 saturated carbocycles. The minimum atomic E-state index is -1.15.